The monoisotopic (exact) mass is 214 g/mol. The molecule has 86 valence electrons. The number of hydrogen-bond donors (Lipinski definition) is 2. The Bertz CT molecular complexity index is 253. The lowest BCUT2D eigenvalue weighted by atomic mass is 10.0. The second kappa shape index (κ2) is 5.00. The average molecular weight is 214 g/mol. The van der Waals surface area contributed by atoms with Gasteiger partial charge in [0.2, 0.25) is 0 Å². The van der Waals surface area contributed by atoms with Gasteiger partial charge in [-0.2, -0.15) is 0 Å². The van der Waals surface area contributed by atoms with Crippen LogP contribution in [0.25, 0.3) is 0 Å². The second-order valence-corrected chi connectivity index (χ2v) is 4.26. The summed E-state index contributed by atoms with van der Waals surface area (Å²) in [5.41, 5.74) is 0. The SMILES string of the molecule is CC(C)C[C@H](C(=O)O)N1CCCNC1=O. The maximum Gasteiger partial charge on any atom is 0.326 e. The van der Waals surface area contributed by atoms with Gasteiger partial charge in [-0.15, -0.1) is 0 Å². The molecule has 5 heteroatoms. The number of aliphatic carboxylic acids is 1. The molecule has 1 saturated heterocycles. The number of hydrogen-bond acceptors (Lipinski definition) is 2. The number of carbonyl (C=O) groups excluding carboxylic acids is 1. The first-order chi connectivity index (χ1) is 7.02. The normalized spacial score (nSPS) is 18.9. The van der Waals surface area contributed by atoms with Crippen LogP contribution in [0.2, 0.25) is 0 Å². The molecule has 1 aliphatic rings. The Kier molecular flexibility index (Phi) is 3.94. The molecule has 0 aromatic rings. The molecule has 1 aliphatic heterocycles. The van der Waals surface area contributed by atoms with Gasteiger partial charge in [-0.25, -0.2) is 9.59 Å². The molecule has 0 spiro atoms. The summed E-state index contributed by atoms with van der Waals surface area (Å²) < 4.78 is 0. The smallest absolute Gasteiger partial charge is 0.326 e. The standard InChI is InChI=1S/C10H18N2O3/c1-7(2)6-8(9(13)14)12-5-3-4-11-10(12)15/h7-8H,3-6H2,1-2H3,(H,11,15)(H,13,14)/t8-/m1/s1. The third-order valence-electron chi connectivity index (χ3n) is 2.47. The van der Waals surface area contributed by atoms with Crippen molar-refractivity contribution < 1.29 is 14.7 Å². The van der Waals surface area contributed by atoms with E-state index in [1.165, 1.54) is 4.90 Å². The van der Waals surface area contributed by atoms with Crippen LogP contribution >= 0.6 is 0 Å². The molecule has 1 rings (SSSR count). The molecule has 2 amide bonds. The fourth-order valence-corrected chi connectivity index (χ4v) is 1.75. The highest BCUT2D eigenvalue weighted by Gasteiger charge is 2.31. The Hall–Kier alpha value is -1.26. The number of carboxylic acid groups (broad SMARTS) is 1. The van der Waals surface area contributed by atoms with Crippen LogP contribution in [0.3, 0.4) is 0 Å². The van der Waals surface area contributed by atoms with E-state index in [1.54, 1.807) is 0 Å². The van der Waals surface area contributed by atoms with Crippen molar-refractivity contribution in [3.8, 4) is 0 Å². The van der Waals surface area contributed by atoms with Crippen LogP contribution in [0.5, 0.6) is 0 Å². The number of amides is 2. The minimum Gasteiger partial charge on any atom is -0.480 e. The highest BCUT2D eigenvalue weighted by molar-refractivity contribution is 5.83. The highest BCUT2D eigenvalue weighted by atomic mass is 16.4. The molecule has 5 nitrogen and oxygen atoms in total. The number of carboxylic acids is 1. The van der Waals surface area contributed by atoms with Crippen molar-refractivity contribution in [3.05, 3.63) is 0 Å². The fraction of sp³-hybridized carbons (Fsp3) is 0.800. The van der Waals surface area contributed by atoms with E-state index in [9.17, 15) is 9.59 Å². The van der Waals surface area contributed by atoms with Gasteiger partial charge in [0.1, 0.15) is 6.04 Å². The van der Waals surface area contributed by atoms with E-state index in [1.807, 2.05) is 13.8 Å². The lowest BCUT2D eigenvalue weighted by molar-refractivity contribution is -0.143. The third kappa shape index (κ3) is 3.11. The minimum absolute atomic E-state index is 0.255. The molecule has 0 aromatic heterocycles. The topological polar surface area (TPSA) is 69.6 Å². The lowest BCUT2D eigenvalue weighted by Gasteiger charge is -2.33. The van der Waals surface area contributed by atoms with Crippen molar-refractivity contribution in [3.63, 3.8) is 0 Å². The van der Waals surface area contributed by atoms with Crippen molar-refractivity contribution in [2.75, 3.05) is 13.1 Å². The van der Waals surface area contributed by atoms with E-state index >= 15 is 0 Å². The van der Waals surface area contributed by atoms with Crippen LogP contribution in [-0.2, 0) is 4.79 Å². The molecule has 0 aliphatic carbocycles. The average Bonchev–Trinajstić information content (AvgIpc) is 2.15. The highest BCUT2D eigenvalue weighted by Crippen LogP contribution is 2.14. The maximum absolute atomic E-state index is 11.5. The lowest BCUT2D eigenvalue weighted by Crippen LogP contribution is -2.54. The summed E-state index contributed by atoms with van der Waals surface area (Å²) in [7, 11) is 0. The Labute approximate surface area is 89.4 Å². The van der Waals surface area contributed by atoms with Crippen LogP contribution in [0.4, 0.5) is 4.79 Å². The molecule has 15 heavy (non-hydrogen) atoms. The zero-order valence-corrected chi connectivity index (χ0v) is 9.19. The van der Waals surface area contributed by atoms with E-state index in [0.717, 1.165) is 6.42 Å². The van der Waals surface area contributed by atoms with E-state index in [0.29, 0.717) is 19.5 Å². The van der Waals surface area contributed by atoms with Gasteiger partial charge in [0.05, 0.1) is 0 Å². The largest absolute Gasteiger partial charge is 0.480 e. The predicted octanol–water partition coefficient (Wildman–Crippen LogP) is 0.901. The summed E-state index contributed by atoms with van der Waals surface area (Å²) in [6, 6.07) is -0.945. The van der Waals surface area contributed by atoms with Crippen molar-refractivity contribution in [2.45, 2.75) is 32.7 Å². The van der Waals surface area contributed by atoms with Crippen LogP contribution < -0.4 is 5.32 Å². The molecule has 0 unspecified atom stereocenters. The maximum atomic E-state index is 11.5. The number of urea groups is 1. The molecule has 0 aromatic carbocycles. The molecular weight excluding hydrogens is 196 g/mol. The first-order valence-electron chi connectivity index (χ1n) is 5.29. The van der Waals surface area contributed by atoms with Crippen LogP contribution in [0.1, 0.15) is 26.7 Å². The second-order valence-electron chi connectivity index (χ2n) is 4.26. The Morgan fingerprint density at radius 2 is 2.27 bits per heavy atom. The van der Waals surface area contributed by atoms with Crippen LogP contribution in [-0.4, -0.2) is 41.1 Å². The number of nitrogens with zero attached hydrogens (tertiary/aromatic N) is 1. The molecule has 1 fully saturated rings. The summed E-state index contributed by atoms with van der Waals surface area (Å²) in [6.45, 7) is 5.09. The van der Waals surface area contributed by atoms with Gasteiger partial charge in [0, 0.05) is 13.1 Å². The third-order valence-corrected chi connectivity index (χ3v) is 2.47. The quantitative estimate of drug-likeness (QED) is 0.730. The van der Waals surface area contributed by atoms with Crippen LogP contribution in [0, 0.1) is 5.92 Å². The Morgan fingerprint density at radius 3 is 2.73 bits per heavy atom. The van der Waals surface area contributed by atoms with E-state index < -0.39 is 12.0 Å². The van der Waals surface area contributed by atoms with Crippen molar-refractivity contribution >= 4 is 12.0 Å². The molecule has 0 radical (unpaired) electrons. The van der Waals surface area contributed by atoms with Crippen molar-refractivity contribution in [2.24, 2.45) is 5.92 Å². The summed E-state index contributed by atoms with van der Waals surface area (Å²) in [4.78, 5) is 24.0. The molecule has 0 saturated carbocycles. The Morgan fingerprint density at radius 1 is 1.60 bits per heavy atom. The summed E-state index contributed by atoms with van der Waals surface area (Å²) in [5.74, 6) is -0.651. The van der Waals surface area contributed by atoms with Gasteiger partial charge in [0.25, 0.3) is 0 Å². The minimum atomic E-state index is -0.916. The Balaban J connectivity index is 2.69. The molecular formula is C10H18N2O3. The molecule has 1 atom stereocenters. The van der Waals surface area contributed by atoms with Gasteiger partial charge in [-0.1, -0.05) is 13.8 Å². The van der Waals surface area contributed by atoms with E-state index in [2.05, 4.69) is 5.32 Å². The summed E-state index contributed by atoms with van der Waals surface area (Å²) >= 11 is 0. The molecule has 0 bridgehead atoms. The predicted molar refractivity (Wildman–Crippen MR) is 55.6 cm³/mol. The van der Waals surface area contributed by atoms with Gasteiger partial charge < -0.3 is 15.3 Å². The zero-order valence-electron chi connectivity index (χ0n) is 9.19. The van der Waals surface area contributed by atoms with Gasteiger partial charge in [-0.3, -0.25) is 0 Å². The van der Waals surface area contributed by atoms with Crippen molar-refractivity contribution in [1.29, 1.82) is 0 Å². The molecule has 1 heterocycles. The van der Waals surface area contributed by atoms with Crippen molar-refractivity contribution in [1.82, 2.24) is 10.2 Å². The van der Waals surface area contributed by atoms with E-state index in [-0.39, 0.29) is 11.9 Å². The summed E-state index contributed by atoms with van der Waals surface area (Å²) in [5, 5.41) is 11.7. The molecule has 2 N–H and O–H groups in total. The van der Waals surface area contributed by atoms with Gasteiger partial charge >= 0.3 is 12.0 Å². The summed E-state index contributed by atoms with van der Waals surface area (Å²) in [6.07, 6.45) is 1.32. The number of nitrogens with one attached hydrogen (secondary N) is 1. The van der Waals surface area contributed by atoms with Gasteiger partial charge in [0.15, 0.2) is 0 Å². The first kappa shape index (κ1) is 11.8. The zero-order chi connectivity index (χ0) is 11.4. The number of rotatable bonds is 4. The van der Waals surface area contributed by atoms with E-state index in [4.69, 9.17) is 5.11 Å². The first-order valence-corrected chi connectivity index (χ1v) is 5.29. The fourth-order valence-electron chi connectivity index (χ4n) is 1.75. The number of carbonyl (C=O) groups is 2. The van der Waals surface area contributed by atoms with Gasteiger partial charge in [-0.05, 0) is 18.8 Å². The van der Waals surface area contributed by atoms with Crippen LogP contribution in [0.15, 0.2) is 0 Å².